The molecule has 0 aromatic carbocycles. The van der Waals surface area contributed by atoms with E-state index in [2.05, 4.69) is 52.0 Å². The summed E-state index contributed by atoms with van der Waals surface area (Å²) in [5.41, 5.74) is 5.92. The van der Waals surface area contributed by atoms with Crippen molar-refractivity contribution in [3.8, 4) is 0 Å². The summed E-state index contributed by atoms with van der Waals surface area (Å²) in [5.74, 6) is 0. The first kappa shape index (κ1) is 11.0. The molecule has 1 aliphatic rings. The Bertz CT molecular complexity index is 288. The van der Waals surface area contributed by atoms with Gasteiger partial charge in [-0.15, -0.1) is 0 Å². The van der Waals surface area contributed by atoms with Crippen molar-refractivity contribution in [3.05, 3.63) is 46.6 Å². The van der Waals surface area contributed by atoms with Gasteiger partial charge >= 0.3 is 0 Å². The van der Waals surface area contributed by atoms with Crippen LogP contribution in [0.25, 0.3) is 0 Å². The molecule has 0 saturated heterocycles. The minimum absolute atomic E-state index is 1.19. The standard InChI is InChI=1S/C14H20/c1-5-7-13-9-10-14(8-6-2)12(4)11(13)3/h5-8H,9-10H2,1-4H3. The molecule has 0 nitrogen and oxygen atoms in total. The van der Waals surface area contributed by atoms with E-state index in [4.69, 9.17) is 0 Å². The molecule has 0 amide bonds. The van der Waals surface area contributed by atoms with E-state index >= 15 is 0 Å². The second-order valence-electron chi connectivity index (χ2n) is 3.80. The van der Waals surface area contributed by atoms with E-state index < -0.39 is 0 Å². The first-order valence-corrected chi connectivity index (χ1v) is 5.36. The summed E-state index contributed by atoms with van der Waals surface area (Å²) in [5, 5.41) is 0. The van der Waals surface area contributed by atoms with E-state index in [0.717, 1.165) is 0 Å². The maximum Gasteiger partial charge on any atom is -0.0236 e. The summed E-state index contributed by atoms with van der Waals surface area (Å²) < 4.78 is 0. The highest BCUT2D eigenvalue weighted by atomic mass is 14.2. The van der Waals surface area contributed by atoms with Gasteiger partial charge in [-0.2, -0.15) is 0 Å². The van der Waals surface area contributed by atoms with Crippen LogP contribution in [0.5, 0.6) is 0 Å². The van der Waals surface area contributed by atoms with Crippen LogP contribution < -0.4 is 0 Å². The molecular weight excluding hydrogens is 168 g/mol. The third-order valence-corrected chi connectivity index (χ3v) is 2.93. The molecule has 0 radical (unpaired) electrons. The summed E-state index contributed by atoms with van der Waals surface area (Å²) >= 11 is 0. The first-order valence-electron chi connectivity index (χ1n) is 5.36. The monoisotopic (exact) mass is 188 g/mol. The fourth-order valence-electron chi connectivity index (χ4n) is 1.95. The molecule has 0 saturated carbocycles. The van der Waals surface area contributed by atoms with E-state index in [1.54, 1.807) is 0 Å². The fourth-order valence-corrected chi connectivity index (χ4v) is 1.95. The zero-order chi connectivity index (χ0) is 10.6. The number of hydrogen-bond acceptors (Lipinski definition) is 0. The van der Waals surface area contributed by atoms with Gasteiger partial charge in [-0.1, -0.05) is 24.3 Å². The highest BCUT2D eigenvalue weighted by Gasteiger charge is 2.11. The maximum absolute atomic E-state index is 2.24. The van der Waals surface area contributed by atoms with Crippen LogP contribution in [0.3, 0.4) is 0 Å². The highest BCUT2D eigenvalue weighted by Crippen LogP contribution is 2.31. The van der Waals surface area contributed by atoms with Gasteiger partial charge in [-0.25, -0.2) is 0 Å². The number of allylic oxidation sites excluding steroid dienone is 8. The van der Waals surface area contributed by atoms with Crippen molar-refractivity contribution in [2.24, 2.45) is 0 Å². The Kier molecular flexibility index (Phi) is 3.94. The van der Waals surface area contributed by atoms with Crippen molar-refractivity contribution in [3.63, 3.8) is 0 Å². The summed E-state index contributed by atoms with van der Waals surface area (Å²) in [6.07, 6.45) is 11.1. The lowest BCUT2D eigenvalue weighted by Gasteiger charge is -2.19. The van der Waals surface area contributed by atoms with Crippen LogP contribution in [0.2, 0.25) is 0 Å². The predicted molar refractivity (Wildman–Crippen MR) is 64.3 cm³/mol. The molecule has 0 unspecified atom stereocenters. The molecular formula is C14H20. The van der Waals surface area contributed by atoms with E-state index in [9.17, 15) is 0 Å². The lowest BCUT2D eigenvalue weighted by molar-refractivity contribution is 0.907. The van der Waals surface area contributed by atoms with Crippen LogP contribution in [0.4, 0.5) is 0 Å². The molecule has 0 aliphatic heterocycles. The van der Waals surface area contributed by atoms with Crippen molar-refractivity contribution in [2.75, 3.05) is 0 Å². The van der Waals surface area contributed by atoms with E-state index in [0.29, 0.717) is 0 Å². The minimum Gasteiger partial charge on any atom is -0.0874 e. The Morgan fingerprint density at radius 1 is 0.786 bits per heavy atom. The van der Waals surface area contributed by atoms with Gasteiger partial charge in [0.1, 0.15) is 0 Å². The molecule has 0 aromatic heterocycles. The summed E-state index contributed by atoms with van der Waals surface area (Å²) in [6, 6.07) is 0. The van der Waals surface area contributed by atoms with Crippen LogP contribution >= 0.6 is 0 Å². The topological polar surface area (TPSA) is 0 Å². The fraction of sp³-hybridized carbons (Fsp3) is 0.429. The maximum atomic E-state index is 2.24. The van der Waals surface area contributed by atoms with Gasteiger partial charge in [0.25, 0.3) is 0 Å². The second kappa shape index (κ2) is 4.99. The Labute approximate surface area is 87.7 Å². The third-order valence-electron chi connectivity index (χ3n) is 2.93. The van der Waals surface area contributed by atoms with Gasteiger partial charge in [0.2, 0.25) is 0 Å². The van der Waals surface area contributed by atoms with Gasteiger partial charge in [0.15, 0.2) is 0 Å². The molecule has 0 spiro atoms. The molecule has 1 aliphatic carbocycles. The molecule has 0 atom stereocenters. The molecule has 0 heterocycles. The Hall–Kier alpha value is -1.04. The molecule has 0 N–H and O–H groups in total. The van der Waals surface area contributed by atoms with Gasteiger partial charge < -0.3 is 0 Å². The van der Waals surface area contributed by atoms with Crippen LogP contribution in [-0.4, -0.2) is 0 Å². The molecule has 14 heavy (non-hydrogen) atoms. The number of hydrogen-bond donors (Lipinski definition) is 0. The summed E-state index contributed by atoms with van der Waals surface area (Å²) in [7, 11) is 0. The molecule has 0 aromatic rings. The average Bonchev–Trinajstić information content (AvgIpc) is 2.18. The highest BCUT2D eigenvalue weighted by molar-refractivity contribution is 5.47. The van der Waals surface area contributed by atoms with Gasteiger partial charge in [-0.3, -0.25) is 0 Å². The molecule has 0 heteroatoms. The van der Waals surface area contributed by atoms with E-state index in [1.165, 1.54) is 35.1 Å². The Morgan fingerprint density at radius 3 is 1.43 bits per heavy atom. The first-order chi connectivity index (χ1) is 6.70. The largest absolute Gasteiger partial charge is 0.0874 e. The second-order valence-corrected chi connectivity index (χ2v) is 3.80. The van der Waals surface area contributed by atoms with Gasteiger partial charge in [-0.05, 0) is 62.8 Å². The molecule has 76 valence electrons. The number of rotatable bonds is 2. The van der Waals surface area contributed by atoms with Crippen molar-refractivity contribution >= 4 is 0 Å². The van der Waals surface area contributed by atoms with Gasteiger partial charge in [0.05, 0.1) is 0 Å². The zero-order valence-electron chi connectivity index (χ0n) is 9.72. The third kappa shape index (κ3) is 2.25. The molecule has 0 bridgehead atoms. The van der Waals surface area contributed by atoms with E-state index in [1.807, 2.05) is 0 Å². The minimum atomic E-state index is 1.19. The summed E-state index contributed by atoms with van der Waals surface area (Å²) in [4.78, 5) is 0. The Morgan fingerprint density at radius 2 is 1.14 bits per heavy atom. The lowest BCUT2D eigenvalue weighted by atomic mass is 9.87. The Balaban J connectivity index is 3.06. The van der Waals surface area contributed by atoms with Crippen molar-refractivity contribution in [1.82, 2.24) is 0 Å². The molecule has 0 fully saturated rings. The summed E-state index contributed by atoms with van der Waals surface area (Å²) in [6.45, 7) is 8.63. The smallest absolute Gasteiger partial charge is 0.0236 e. The lowest BCUT2D eigenvalue weighted by Crippen LogP contribution is -1.99. The van der Waals surface area contributed by atoms with Gasteiger partial charge in [0, 0.05) is 0 Å². The van der Waals surface area contributed by atoms with Crippen LogP contribution in [-0.2, 0) is 0 Å². The van der Waals surface area contributed by atoms with Crippen LogP contribution in [0.1, 0.15) is 40.5 Å². The molecule has 1 rings (SSSR count). The normalized spacial score (nSPS) is 19.1. The quantitative estimate of drug-likeness (QED) is 0.595. The zero-order valence-corrected chi connectivity index (χ0v) is 9.72. The van der Waals surface area contributed by atoms with E-state index in [-0.39, 0.29) is 0 Å². The van der Waals surface area contributed by atoms with Crippen molar-refractivity contribution in [2.45, 2.75) is 40.5 Å². The van der Waals surface area contributed by atoms with Crippen molar-refractivity contribution in [1.29, 1.82) is 0 Å². The SMILES string of the molecule is CC=CC1=C(C)C(C)=C(C=CC)CC1. The van der Waals surface area contributed by atoms with Crippen LogP contribution in [0, 0.1) is 0 Å². The van der Waals surface area contributed by atoms with Crippen molar-refractivity contribution < 1.29 is 0 Å². The van der Waals surface area contributed by atoms with Crippen LogP contribution in [0.15, 0.2) is 46.6 Å². The average molecular weight is 188 g/mol. The predicted octanol–water partition coefficient (Wildman–Crippen LogP) is 4.57.